The number of nitrogens with zero attached hydrogens (tertiary/aromatic N) is 2. The van der Waals surface area contributed by atoms with Gasteiger partial charge in [-0.25, -0.2) is 0 Å². The molecular weight excluding hydrogens is 391 g/mol. The van der Waals surface area contributed by atoms with Gasteiger partial charge < -0.3 is 5.32 Å². The van der Waals surface area contributed by atoms with Gasteiger partial charge in [0.25, 0.3) is 0 Å². The highest BCUT2D eigenvalue weighted by molar-refractivity contribution is 6.03. The molecule has 4 nitrogen and oxygen atoms in total. The van der Waals surface area contributed by atoms with Crippen LogP contribution in [-0.2, 0) is 12.7 Å². The number of aromatic nitrogens is 2. The van der Waals surface area contributed by atoms with E-state index in [1.165, 1.54) is 12.3 Å². The molecule has 2 aromatic heterocycles. The molecule has 4 rings (SSSR count). The van der Waals surface area contributed by atoms with Crippen molar-refractivity contribution in [2.75, 3.05) is 5.32 Å². The predicted octanol–water partition coefficient (Wildman–Crippen LogP) is 5.74. The number of aldehydes is 1. The Kier molecular flexibility index (Phi) is 5.18. The van der Waals surface area contributed by atoms with Gasteiger partial charge in [0.1, 0.15) is 0 Å². The first kappa shape index (κ1) is 19.6. The fourth-order valence-corrected chi connectivity index (χ4v) is 3.37. The quantitative estimate of drug-likeness (QED) is 0.429. The Morgan fingerprint density at radius 1 is 1.00 bits per heavy atom. The number of hydrogen-bond acceptors (Lipinski definition) is 4. The standard InChI is InChI=1S/C23H16F3N3O/c24-23(25,26)20-6-2-5-19-21(17(14-30)13-29-22(19)20)16-3-1-4-18(11-16)28-12-15-7-9-27-10-8-15/h1-11,13-14,28H,12H2. The first-order valence-electron chi connectivity index (χ1n) is 9.14. The van der Waals surface area contributed by atoms with E-state index in [4.69, 9.17) is 0 Å². The van der Waals surface area contributed by atoms with E-state index in [1.54, 1.807) is 30.6 Å². The van der Waals surface area contributed by atoms with Crippen molar-refractivity contribution in [2.45, 2.75) is 12.7 Å². The molecule has 0 unspecified atom stereocenters. The van der Waals surface area contributed by atoms with E-state index in [2.05, 4.69) is 15.3 Å². The molecule has 0 bridgehead atoms. The number of carbonyl (C=O) groups excluding carboxylic acids is 1. The molecule has 0 saturated carbocycles. The van der Waals surface area contributed by atoms with Gasteiger partial charge in [0, 0.05) is 47.3 Å². The van der Waals surface area contributed by atoms with Crippen molar-refractivity contribution in [2.24, 2.45) is 0 Å². The van der Waals surface area contributed by atoms with Gasteiger partial charge in [0.15, 0.2) is 6.29 Å². The van der Waals surface area contributed by atoms with E-state index in [0.29, 0.717) is 24.0 Å². The number of nitrogens with one attached hydrogen (secondary N) is 1. The van der Waals surface area contributed by atoms with Crippen LogP contribution < -0.4 is 5.32 Å². The van der Waals surface area contributed by atoms with E-state index < -0.39 is 11.7 Å². The second-order valence-electron chi connectivity index (χ2n) is 6.70. The van der Waals surface area contributed by atoms with Gasteiger partial charge >= 0.3 is 6.18 Å². The summed E-state index contributed by atoms with van der Waals surface area (Å²) in [5, 5.41) is 3.56. The van der Waals surface area contributed by atoms with Crippen LogP contribution in [0.2, 0.25) is 0 Å². The lowest BCUT2D eigenvalue weighted by molar-refractivity contribution is -0.136. The van der Waals surface area contributed by atoms with Crippen molar-refractivity contribution in [1.82, 2.24) is 9.97 Å². The zero-order valence-electron chi connectivity index (χ0n) is 15.6. The molecule has 0 spiro atoms. The highest BCUT2D eigenvalue weighted by atomic mass is 19.4. The minimum atomic E-state index is -4.54. The summed E-state index contributed by atoms with van der Waals surface area (Å²) < 4.78 is 40.3. The predicted molar refractivity (Wildman–Crippen MR) is 109 cm³/mol. The fourth-order valence-electron chi connectivity index (χ4n) is 3.37. The first-order valence-corrected chi connectivity index (χ1v) is 9.14. The fraction of sp³-hybridized carbons (Fsp3) is 0.0870. The van der Waals surface area contributed by atoms with E-state index in [1.807, 2.05) is 24.3 Å². The van der Waals surface area contributed by atoms with Crippen molar-refractivity contribution in [3.63, 3.8) is 0 Å². The number of para-hydroxylation sites is 1. The van der Waals surface area contributed by atoms with Crippen LogP contribution in [0.15, 0.2) is 73.2 Å². The Morgan fingerprint density at radius 3 is 2.50 bits per heavy atom. The zero-order valence-corrected chi connectivity index (χ0v) is 15.6. The molecular formula is C23H16F3N3O. The summed E-state index contributed by atoms with van der Waals surface area (Å²) in [7, 11) is 0. The molecule has 0 atom stereocenters. The maximum Gasteiger partial charge on any atom is 0.418 e. The number of alkyl halides is 3. The molecule has 30 heavy (non-hydrogen) atoms. The second kappa shape index (κ2) is 7.94. The number of benzene rings is 2. The molecule has 0 aliphatic heterocycles. The van der Waals surface area contributed by atoms with Crippen molar-refractivity contribution in [1.29, 1.82) is 0 Å². The van der Waals surface area contributed by atoms with Crippen LogP contribution in [0.4, 0.5) is 18.9 Å². The zero-order chi connectivity index (χ0) is 21.1. The van der Waals surface area contributed by atoms with Crippen molar-refractivity contribution in [3.05, 3.63) is 89.9 Å². The number of rotatable bonds is 5. The molecule has 0 fully saturated rings. The first-order chi connectivity index (χ1) is 14.5. The van der Waals surface area contributed by atoms with Crippen LogP contribution in [0.3, 0.4) is 0 Å². The molecule has 2 aromatic carbocycles. The van der Waals surface area contributed by atoms with Crippen LogP contribution in [0, 0.1) is 0 Å². The summed E-state index contributed by atoms with van der Waals surface area (Å²) in [5.41, 5.74) is 2.09. The average molecular weight is 407 g/mol. The summed E-state index contributed by atoms with van der Waals surface area (Å²) >= 11 is 0. The van der Waals surface area contributed by atoms with Crippen LogP contribution in [0.1, 0.15) is 21.5 Å². The lowest BCUT2D eigenvalue weighted by Gasteiger charge is -2.15. The highest BCUT2D eigenvalue weighted by Gasteiger charge is 2.33. The summed E-state index contributed by atoms with van der Waals surface area (Å²) in [5.74, 6) is 0. The molecule has 0 aliphatic rings. The maximum atomic E-state index is 13.4. The largest absolute Gasteiger partial charge is 0.418 e. The van der Waals surface area contributed by atoms with E-state index in [0.717, 1.165) is 17.3 Å². The Balaban J connectivity index is 1.80. The lowest BCUT2D eigenvalue weighted by atomic mass is 9.95. The summed E-state index contributed by atoms with van der Waals surface area (Å²) in [4.78, 5) is 19.5. The maximum absolute atomic E-state index is 13.4. The third-order valence-electron chi connectivity index (χ3n) is 4.76. The van der Waals surface area contributed by atoms with Gasteiger partial charge in [0.2, 0.25) is 0 Å². The molecule has 4 aromatic rings. The number of pyridine rings is 2. The Hall–Kier alpha value is -3.74. The van der Waals surface area contributed by atoms with E-state index in [-0.39, 0.29) is 16.5 Å². The number of anilines is 1. The van der Waals surface area contributed by atoms with Crippen LogP contribution in [0.5, 0.6) is 0 Å². The lowest BCUT2D eigenvalue weighted by Crippen LogP contribution is -2.07. The number of hydrogen-bond donors (Lipinski definition) is 1. The third kappa shape index (κ3) is 3.87. The Bertz CT molecular complexity index is 1210. The minimum absolute atomic E-state index is 0.180. The molecule has 0 amide bonds. The summed E-state index contributed by atoms with van der Waals surface area (Å²) in [6.45, 7) is 0.557. The van der Waals surface area contributed by atoms with Gasteiger partial charge in [-0.05, 0) is 41.5 Å². The molecule has 150 valence electrons. The molecule has 7 heteroatoms. The van der Waals surface area contributed by atoms with Gasteiger partial charge in [-0.3, -0.25) is 14.8 Å². The number of fused-ring (bicyclic) bond motifs is 1. The Morgan fingerprint density at radius 2 is 1.77 bits per heavy atom. The van der Waals surface area contributed by atoms with E-state index in [9.17, 15) is 18.0 Å². The SMILES string of the molecule is O=Cc1cnc2c(C(F)(F)F)cccc2c1-c1cccc(NCc2ccncc2)c1. The summed E-state index contributed by atoms with van der Waals surface area (Å²) in [6.07, 6.45) is 0.660. The van der Waals surface area contributed by atoms with Gasteiger partial charge in [0.05, 0.1) is 11.1 Å². The van der Waals surface area contributed by atoms with Gasteiger partial charge in [-0.2, -0.15) is 13.2 Å². The van der Waals surface area contributed by atoms with E-state index >= 15 is 0 Å². The minimum Gasteiger partial charge on any atom is -0.381 e. The number of halogens is 3. The number of carbonyl (C=O) groups is 1. The molecule has 0 saturated heterocycles. The van der Waals surface area contributed by atoms with Crippen LogP contribution in [-0.4, -0.2) is 16.3 Å². The van der Waals surface area contributed by atoms with Crippen LogP contribution in [0.25, 0.3) is 22.0 Å². The average Bonchev–Trinajstić information content (AvgIpc) is 2.76. The van der Waals surface area contributed by atoms with Crippen molar-refractivity contribution in [3.8, 4) is 11.1 Å². The van der Waals surface area contributed by atoms with Crippen molar-refractivity contribution < 1.29 is 18.0 Å². The normalized spacial score (nSPS) is 11.4. The monoisotopic (exact) mass is 407 g/mol. The van der Waals surface area contributed by atoms with Crippen molar-refractivity contribution >= 4 is 22.9 Å². The smallest absolute Gasteiger partial charge is 0.381 e. The topological polar surface area (TPSA) is 54.9 Å². The Labute approximate surface area is 170 Å². The summed E-state index contributed by atoms with van der Waals surface area (Å²) in [6, 6.07) is 14.9. The van der Waals surface area contributed by atoms with Crippen LogP contribution >= 0.6 is 0 Å². The second-order valence-corrected chi connectivity index (χ2v) is 6.70. The van der Waals surface area contributed by atoms with Gasteiger partial charge in [-0.1, -0.05) is 24.3 Å². The van der Waals surface area contributed by atoms with Gasteiger partial charge in [-0.15, -0.1) is 0 Å². The molecule has 1 N–H and O–H groups in total. The third-order valence-corrected chi connectivity index (χ3v) is 4.76. The molecule has 0 aliphatic carbocycles. The molecule has 0 radical (unpaired) electrons. The highest BCUT2D eigenvalue weighted by Crippen LogP contribution is 2.38. The molecule has 2 heterocycles.